The van der Waals surface area contributed by atoms with Gasteiger partial charge in [0.05, 0.1) is 32.0 Å². The van der Waals surface area contributed by atoms with Crippen molar-refractivity contribution in [3.8, 4) is 0 Å². The van der Waals surface area contributed by atoms with Crippen LogP contribution in [0.5, 0.6) is 0 Å². The number of fused-ring (bicyclic) bond motifs is 2. The summed E-state index contributed by atoms with van der Waals surface area (Å²) < 4.78 is 12.7. The second-order valence-corrected chi connectivity index (χ2v) is 9.46. The number of hydrogen-bond acceptors (Lipinski definition) is 3. The number of ether oxygens (including phenoxy) is 2. The number of likely N-dealkylation sites (tertiary alicyclic amines) is 1. The van der Waals surface area contributed by atoms with Crippen molar-refractivity contribution in [1.29, 1.82) is 0 Å². The maximum atomic E-state index is 13.7. The minimum absolute atomic E-state index is 0.0788. The zero-order valence-corrected chi connectivity index (χ0v) is 17.9. The Morgan fingerprint density at radius 3 is 2.33 bits per heavy atom. The summed E-state index contributed by atoms with van der Waals surface area (Å²) in [6.07, 6.45) is 2.43. The molecule has 5 rings (SSSR count). The van der Waals surface area contributed by atoms with Crippen molar-refractivity contribution in [3.63, 3.8) is 0 Å². The molecular weight excluding hydrogens is 376 g/mol. The lowest BCUT2D eigenvalue weighted by molar-refractivity contribution is -0.904. The highest BCUT2D eigenvalue weighted by Crippen LogP contribution is 2.47. The highest BCUT2D eigenvalue weighted by molar-refractivity contribution is 6.06. The lowest BCUT2D eigenvalue weighted by atomic mass is 9.83. The van der Waals surface area contributed by atoms with E-state index in [-0.39, 0.29) is 11.3 Å². The van der Waals surface area contributed by atoms with Crippen LogP contribution in [0.1, 0.15) is 37.8 Å². The van der Waals surface area contributed by atoms with E-state index in [0.29, 0.717) is 19.9 Å². The van der Waals surface area contributed by atoms with E-state index in [1.54, 1.807) is 0 Å². The van der Waals surface area contributed by atoms with Gasteiger partial charge in [-0.2, -0.15) is 0 Å². The van der Waals surface area contributed by atoms with Crippen molar-refractivity contribution in [2.24, 2.45) is 5.92 Å². The van der Waals surface area contributed by atoms with Crippen molar-refractivity contribution in [2.45, 2.75) is 37.9 Å². The Balaban J connectivity index is 1.40. The molecule has 0 aliphatic carbocycles. The fraction of sp³-hybridized carbons (Fsp3) is 0.480. The monoisotopic (exact) mass is 407 g/mol. The maximum Gasteiger partial charge on any atom is 0.296 e. The number of nitrogens with one attached hydrogen (secondary N) is 1. The number of amides is 1. The fourth-order valence-corrected chi connectivity index (χ4v) is 4.99. The molecule has 30 heavy (non-hydrogen) atoms. The molecule has 1 N–H and O–H groups in total. The minimum atomic E-state index is -1.31. The Labute approximate surface area is 178 Å². The summed E-state index contributed by atoms with van der Waals surface area (Å²) in [4.78, 5) is 17.0. The molecule has 0 saturated carbocycles. The van der Waals surface area contributed by atoms with Gasteiger partial charge in [0.25, 0.3) is 11.7 Å². The van der Waals surface area contributed by atoms with E-state index in [0.717, 1.165) is 30.3 Å². The first-order chi connectivity index (χ1) is 14.5. The number of quaternary nitrogens is 1. The summed E-state index contributed by atoms with van der Waals surface area (Å²) >= 11 is 0. The van der Waals surface area contributed by atoms with Crippen LogP contribution in [0.4, 0.5) is 5.69 Å². The highest BCUT2D eigenvalue weighted by Gasteiger charge is 2.58. The van der Waals surface area contributed by atoms with Gasteiger partial charge in [-0.3, -0.25) is 9.69 Å². The van der Waals surface area contributed by atoms with Gasteiger partial charge in [0.15, 0.2) is 6.67 Å². The first-order valence-electron chi connectivity index (χ1n) is 11.1. The van der Waals surface area contributed by atoms with Crippen molar-refractivity contribution in [2.75, 3.05) is 37.9 Å². The van der Waals surface area contributed by atoms with Crippen LogP contribution in [0.25, 0.3) is 0 Å². The SMILES string of the molecule is CC1CC[NH+](CN2C(=O)C3(OCC(C)(c4ccccc4)CO3)c3ccccc32)CC1. The van der Waals surface area contributed by atoms with Gasteiger partial charge in [-0.05, 0) is 30.4 Å². The van der Waals surface area contributed by atoms with Crippen molar-refractivity contribution in [3.05, 3.63) is 65.7 Å². The standard InChI is InChI=1S/C25H30N2O3/c1-19-12-14-26(15-13-19)18-27-22-11-7-6-10-21(22)25(23(27)28)29-16-24(2,17-30-25)20-8-4-3-5-9-20/h3-11,19H,12-18H2,1-2H3/p+1. The molecule has 0 radical (unpaired) electrons. The van der Waals surface area contributed by atoms with E-state index in [1.807, 2.05) is 47.4 Å². The largest absolute Gasteiger partial charge is 0.337 e. The van der Waals surface area contributed by atoms with E-state index in [1.165, 1.54) is 23.3 Å². The van der Waals surface area contributed by atoms with Gasteiger partial charge in [0.1, 0.15) is 0 Å². The molecule has 2 fully saturated rings. The van der Waals surface area contributed by atoms with Crippen LogP contribution >= 0.6 is 0 Å². The number of nitrogens with zero attached hydrogens (tertiary/aromatic N) is 1. The van der Waals surface area contributed by atoms with Crippen molar-refractivity contribution in [1.82, 2.24) is 0 Å². The van der Waals surface area contributed by atoms with Crippen LogP contribution in [0.15, 0.2) is 54.6 Å². The van der Waals surface area contributed by atoms with Crippen LogP contribution < -0.4 is 9.80 Å². The Morgan fingerprint density at radius 2 is 1.63 bits per heavy atom. The number of carbonyl (C=O) groups excluding carboxylic acids is 1. The predicted octanol–water partition coefficient (Wildman–Crippen LogP) is 2.46. The third-order valence-corrected chi connectivity index (χ3v) is 7.10. The summed E-state index contributed by atoms with van der Waals surface area (Å²) in [7, 11) is 0. The number of benzene rings is 2. The van der Waals surface area contributed by atoms with Gasteiger partial charge in [-0.15, -0.1) is 0 Å². The summed E-state index contributed by atoms with van der Waals surface area (Å²) in [6, 6.07) is 18.2. The number of rotatable bonds is 3. The summed E-state index contributed by atoms with van der Waals surface area (Å²) in [5, 5.41) is 0. The quantitative estimate of drug-likeness (QED) is 0.850. The van der Waals surface area contributed by atoms with Crippen LogP contribution in [0.3, 0.4) is 0 Å². The first kappa shape index (κ1) is 19.7. The topological polar surface area (TPSA) is 43.2 Å². The Kier molecular flexibility index (Phi) is 4.92. The Hall–Kier alpha value is -2.21. The molecule has 5 heteroatoms. The molecule has 1 spiro atoms. The van der Waals surface area contributed by atoms with Crippen LogP contribution in [-0.2, 0) is 25.5 Å². The molecule has 0 bridgehead atoms. The normalized spacial score (nSPS) is 33.7. The minimum Gasteiger partial charge on any atom is -0.337 e. The summed E-state index contributed by atoms with van der Waals surface area (Å²) in [6.45, 7) is 8.22. The lowest BCUT2D eigenvalue weighted by Gasteiger charge is -2.42. The molecule has 2 aromatic rings. The smallest absolute Gasteiger partial charge is 0.296 e. The first-order valence-corrected chi connectivity index (χ1v) is 11.1. The third kappa shape index (κ3) is 3.16. The predicted molar refractivity (Wildman–Crippen MR) is 115 cm³/mol. The molecule has 158 valence electrons. The molecule has 0 aromatic heterocycles. The molecular formula is C25H31N2O3+. The number of carbonyl (C=O) groups is 1. The molecule has 2 aromatic carbocycles. The van der Waals surface area contributed by atoms with Crippen LogP contribution in [0, 0.1) is 5.92 Å². The second-order valence-electron chi connectivity index (χ2n) is 9.46. The molecule has 3 aliphatic heterocycles. The summed E-state index contributed by atoms with van der Waals surface area (Å²) in [5.74, 6) is -0.611. The fourth-order valence-electron chi connectivity index (χ4n) is 4.99. The molecule has 5 nitrogen and oxygen atoms in total. The Morgan fingerprint density at radius 1 is 1.00 bits per heavy atom. The molecule has 0 unspecified atom stereocenters. The number of piperidine rings is 1. The van der Waals surface area contributed by atoms with E-state index >= 15 is 0 Å². The third-order valence-electron chi connectivity index (χ3n) is 7.10. The average molecular weight is 408 g/mol. The van der Waals surface area contributed by atoms with Crippen molar-refractivity contribution < 1.29 is 19.2 Å². The van der Waals surface area contributed by atoms with Gasteiger partial charge in [-0.25, -0.2) is 0 Å². The second kappa shape index (κ2) is 7.49. The lowest BCUT2D eigenvalue weighted by Crippen LogP contribution is -3.14. The highest BCUT2D eigenvalue weighted by atomic mass is 16.7. The molecule has 2 saturated heterocycles. The van der Waals surface area contributed by atoms with E-state index < -0.39 is 5.79 Å². The van der Waals surface area contributed by atoms with Crippen LogP contribution in [-0.4, -0.2) is 38.9 Å². The van der Waals surface area contributed by atoms with Gasteiger partial charge < -0.3 is 14.4 Å². The van der Waals surface area contributed by atoms with E-state index in [4.69, 9.17) is 9.47 Å². The Bertz CT molecular complexity index is 913. The van der Waals surface area contributed by atoms with Gasteiger partial charge in [-0.1, -0.05) is 62.4 Å². The number of anilines is 1. The molecule has 1 amide bonds. The maximum absolute atomic E-state index is 13.7. The zero-order valence-electron chi connectivity index (χ0n) is 17.9. The molecule has 3 heterocycles. The average Bonchev–Trinajstić information content (AvgIpc) is 3.01. The zero-order chi connectivity index (χ0) is 20.8. The number of para-hydroxylation sites is 1. The van der Waals surface area contributed by atoms with E-state index in [9.17, 15) is 4.79 Å². The van der Waals surface area contributed by atoms with Gasteiger partial charge in [0, 0.05) is 11.0 Å². The molecule has 3 aliphatic rings. The number of hydrogen-bond donors (Lipinski definition) is 1. The van der Waals surface area contributed by atoms with E-state index in [2.05, 4.69) is 26.0 Å². The molecule has 0 atom stereocenters. The van der Waals surface area contributed by atoms with Crippen molar-refractivity contribution >= 4 is 11.6 Å². The van der Waals surface area contributed by atoms with Gasteiger partial charge in [0.2, 0.25) is 0 Å². The summed E-state index contributed by atoms with van der Waals surface area (Å²) in [5.41, 5.74) is 2.66. The van der Waals surface area contributed by atoms with Crippen LogP contribution in [0.2, 0.25) is 0 Å². The van der Waals surface area contributed by atoms with Gasteiger partial charge >= 0.3 is 0 Å².